The van der Waals surface area contributed by atoms with Crippen molar-refractivity contribution in [3.63, 3.8) is 0 Å². The highest BCUT2D eigenvalue weighted by molar-refractivity contribution is 6.12. The van der Waals surface area contributed by atoms with Gasteiger partial charge in [0.1, 0.15) is 0 Å². The van der Waals surface area contributed by atoms with Crippen molar-refractivity contribution in [1.29, 1.82) is 15.8 Å². The number of nitriles is 3. The highest BCUT2D eigenvalue weighted by atomic mass is 15.0. The van der Waals surface area contributed by atoms with Gasteiger partial charge in [-0.05, 0) is 84.6 Å². The van der Waals surface area contributed by atoms with Crippen molar-refractivity contribution in [2.75, 3.05) is 0 Å². The Bertz CT molecular complexity index is 3570. The first-order valence-corrected chi connectivity index (χ1v) is 20.9. The molecule has 0 spiro atoms. The Kier molecular flexibility index (Phi) is 10.0. The van der Waals surface area contributed by atoms with E-state index >= 15 is 0 Å². The van der Waals surface area contributed by atoms with Crippen LogP contribution in [-0.4, -0.2) is 19.5 Å². The predicted octanol–water partition coefficient (Wildman–Crippen LogP) is 13.8. The maximum absolute atomic E-state index is 10.8. The lowest BCUT2D eigenvalue weighted by Gasteiger charge is -2.22. The van der Waals surface area contributed by atoms with Gasteiger partial charge < -0.3 is 4.57 Å². The number of rotatable bonds is 7. The molecule has 0 unspecified atom stereocenters. The van der Waals surface area contributed by atoms with E-state index in [-0.39, 0.29) is 0 Å². The monoisotopic (exact) mass is 830 g/mol. The molecule has 0 fully saturated rings. The highest BCUT2D eigenvalue weighted by Gasteiger charge is 2.26. The molecular weight excluding hydrogens is 797 g/mol. The van der Waals surface area contributed by atoms with E-state index in [4.69, 9.17) is 21.5 Å². The van der Waals surface area contributed by atoms with Crippen molar-refractivity contribution in [2.24, 2.45) is 0 Å². The minimum absolute atomic E-state index is 0.292. The Morgan fingerprint density at radius 3 is 1.65 bits per heavy atom. The third-order valence-corrected chi connectivity index (χ3v) is 11.8. The highest BCUT2D eigenvalue weighted by Crippen LogP contribution is 2.46. The van der Waals surface area contributed by atoms with Gasteiger partial charge in [0.15, 0.2) is 23.2 Å². The molecule has 0 aliphatic heterocycles. The molecule has 8 heteroatoms. The van der Waals surface area contributed by atoms with Crippen molar-refractivity contribution in [1.82, 2.24) is 19.5 Å². The van der Waals surface area contributed by atoms with Crippen LogP contribution in [0.15, 0.2) is 170 Å². The number of nitrogens with zero attached hydrogens (tertiary/aromatic N) is 8. The number of aryl methyl sites for hydroxylation is 2. The number of hydrogen-bond acceptors (Lipinski definition) is 6. The summed E-state index contributed by atoms with van der Waals surface area (Å²) in [4.78, 5) is 18.8. The smallest absolute Gasteiger partial charge is 0.188 e. The summed E-state index contributed by atoms with van der Waals surface area (Å²) in [6.45, 7) is 12.0. The van der Waals surface area contributed by atoms with Gasteiger partial charge in [-0.25, -0.2) is 19.8 Å². The molecule has 0 N–H and O–H groups in total. The fourth-order valence-corrected chi connectivity index (χ4v) is 8.74. The van der Waals surface area contributed by atoms with Gasteiger partial charge >= 0.3 is 0 Å². The summed E-state index contributed by atoms with van der Waals surface area (Å²) in [6, 6.07) is 61.9. The zero-order chi connectivity index (χ0) is 44.6. The molecule has 0 aliphatic rings. The Morgan fingerprint density at radius 2 is 1.03 bits per heavy atom. The van der Waals surface area contributed by atoms with Crippen LogP contribution >= 0.6 is 0 Å². The summed E-state index contributed by atoms with van der Waals surface area (Å²) in [5, 5.41) is 33.6. The number of benzene rings is 8. The summed E-state index contributed by atoms with van der Waals surface area (Å²) in [6.07, 6.45) is 0. The Balaban J connectivity index is 1.37. The molecule has 0 saturated heterocycles. The molecule has 0 aliphatic carbocycles. The van der Waals surface area contributed by atoms with E-state index in [0.717, 1.165) is 44.1 Å². The maximum atomic E-state index is 10.8. The number of aromatic nitrogens is 4. The molecule has 10 aromatic rings. The first-order chi connectivity index (χ1) is 31.8. The van der Waals surface area contributed by atoms with Crippen LogP contribution in [0.5, 0.6) is 0 Å². The molecule has 65 heavy (non-hydrogen) atoms. The van der Waals surface area contributed by atoms with Crippen molar-refractivity contribution in [3.8, 4) is 91.4 Å². The lowest BCUT2D eigenvalue weighted by atomic mass is 9.88. The molecule has 0 radical (unpaired) electrons. The van der Waals surface area contributed by atoms with E-state index in [1.807, 2.05) is 91.0 Å². The predicted molar refractivity (Wildman–Crippen MR) is 257 cm³/mol. The lowest BCUT2D eigenvalue weighted by Crippen LogP contribution is -2.05. The van der Waals surface area contributed by atoms with Gasteiger partial charge in [0.25, 0.3) is 0 Å². The molecule has 8 nitrogen and oxygen atoms in total. The van der Waals surface area contributed by atoms with Crippen molar-refractivity contribution < 1.29 is 0 Å². The first-order valence-electron chi connectivity index (χ1n) is 20.9. The minimum Gasteiger partial charge on any atom is -0.308 e. The normalized spacial score (nSPS) is 10.9. The van der Waals surface area contributed by atoms with Gasteiger partial charge in [0.2, 0.25) is 0 Å². The fourth-order valence-electron chi connectivity index (χ4n) is 8.74. The van der Waals surface area contributed by atoms with Gasteiger partial charge in [-0.2, -0.15) is 15.8 Å². The van der Waals surface area contributed by atoms with E-state index in [2.05, 4.69) is 90.0 Å². The van der Waals surface area contributed by atoms with E-state index in [9.17, 15) is 15.8 Å². The quantitative estimate of drug-likeness (QED) is 0.148. The summed E-state index contributed by atoms with van der Waals surface area (Å²) < 4.78 is 2.20. The Hall–Kier alpha value is -9.47. The third kappa shape index (κ3) is 7.10. The average molecular weight is 831 g/mol. The standard InChI is InChI=1S/C57H34N8/c1-35-18-22-45(36(2)26-35)40-20-25-53-49(29-40)48-16-10-11-17-52(48)65(53)54-50(46-23-19-37(32-58)27-42(46)33-59)30-41(31-51(54)47-24-21-44(61-3)28-43(47)34-60)57-63-55(38-12-6-4-7-13-38)62-56(64-57)39-14-8-5-9-15-39/h4-31H,1-2H3. The molecule has 0 bridgehead atoms. The van der Waals surface area contributed by atoms with Crippen LogP contribution in [0.4, 0.5) is 5.69 Å². The topological polar surface area (TPSA) is 119 Å². The van der Waals surface area contributed by atoms with Gasteiger partial charge in [0.05, 0.1) is 52.6 Å². The number of fused-ring (bicyclic) bond motifs is 3. The Morgan fingerprint density at radius 1 is 0.462 bits per heavy atom. The molecule has 302 valence electrons. The van der Waals surface area contributed by atoms with Crippen LogP contribution in [0.3, 0.4) is 0 Å². The molecule has 0 saturated carbocycles. The van der Waals surface area contributed by atoms with E-state index in [0.29, 0.717) is 73.4 Å². The molecule has 2 heterocycles. The van der Waals surface area contributed by atoms with E-state index in [1.165, 1.54) is 11.1 Å². The summed E-state index contributed by atoms with van der Waals surface area (Å²) >= 11 is 0. The van der Waals surface area contributed by atoms with Crippen LogP contribution < -0.4 is 0 Å². The second-order valence-corrected chi connectivity index (χ2v) is 15.8. The molecular formula is C57H34N8. The summed E-state index contributed by atoms with van der Waals surface area (Å²) in [5.74, 6) is 1.31. The second kappa shape index (κ2) is 16.4. The van der Waals surface area contributed by atoms with Crippen LogP contribution in [0.25, 0.3) is 99.9 Å². The van der Waals surface area contributed by atoms with Crippen LogP contribution in [0, 0.1) is 54.4 Å². The van der Waals surface area contributed by atoms with Gasteiger partial charge in [-0.15, -0.1) is 0 Å². The van der Waals surface area contributed by atoms with Gasteiger partial charge in [-0.1, -0.05) is 127 Å². The molecule has 0 amide bonds. The molecule has 8 aromatic carbocycles. The second-order valence-electron chi connectivity index (χ2n) is 15.8. The summed E-state index contributed by atoms with van der Waals surface area (Å²) in [5.41, 5.74) is 13.0. The largest absolute Gasteiger partial charge is 0.308 e. The van der Waals surface area contributed by atoms with Gasteiger partial charge in [-0.3, -0.25) is 0 Å². The van der Waals surface area contributed by atoms with Gasteiger partial charge in [0, 0.05) is 49.7 Å². The van der Waals surface area contributed by atoms with Crippen LogP contribution in [-0.2, 0) is 0 Å². The zero-order valence-electron chi connectivity index (χ0n) is 35.2. The Labute approximate surface area is 375 Å². The average Bonchev–Trinajstić information content (AvgIpc) is 3.69. The molecule has 10 rings (SSSR count). The van der Waals surface area contributed by atoms with Crippen molar-refractivity contribution >= 4 is 27.5 Å². The van der Waals surface area contributed by atoms with E-state index < -0.39 is 0 Å². The third-order valence-electron chi connectivity index (χ3n) is 11.8. The zero-order valence-corrected chi connectivity index (χ0v) is 35.2. The first kappa shape index (κ1) is 39.7. The molecule has 0 atom stereocenters. The van der Waals surface area contributed by atoms with Crippen LogP contribution in [0.1, 0.15) is 27.8 Å². The summed E-state index contributed by atoms with van der Waals surface area (Å²) in [7, 11) is 0. The van der Waals surface area contributed by atoms with Crippen molar-refractivity contribution in [2.45, 2.75) is 13.8 Å². The fraction of sp³-hybridized carbons (Fsp3) is 0.0351. The lowest BCUT2D eigenvalue weighted by molar-refractivity contribution is 1.07. The number of para-hydroxylation sites is 1. The molecule has 2 aromatic heterocycles. The van der Waals surface area contributed by atoms with Crippen molar-refractivity contribution in [3.05, 3.63) is 209 Å². The minimum atomic E-state index is 0.292. The van der Waals surface area contributed by atoms with Crippen LogP contribution in [0.2, 0.25) is 0 Å². The number of hydrogen-bond donors (Lipinski definition) is 0. The SMILES string of the molecule is [C-]#[N+]c1ccc(-c2cc(-c3nc(-c4ccccc4)nc(-c4ccccc4)n3)cc(-c3ccc(C#N)cc3C#N)c2-n2c3ccccc3c3cc(-c4ccc(C)cc4C)ccc32)c(C#N)c1. The maximum Gasteiger partial charge on any atom is 0.188 e. The van der Waals surface area contributed by atoms with E-state index in [1.54, 1.807) is 30.3 Å².